The summed E-state index contributed by atoms with van der Waals surface area (Å²) in [5.41, 5.74) is 6.99. The second-order valence-corrected chi connectivity index (χ2v) is 10.8. The molecule has 1 fully saturated rings. The van der Waals surface area contributed by atoms with Gasteiger partial charge in [0.25, 0.3) is 6.02 Å². The third kappa shape index (κ3) is 9.15. The number of amidine groups is 2. The lowest BCUT2D eigenvalue weighted by Gasteiger charge is -2.32. The summed E-state index contributed by atoms with van der Waals surface area (Å²) in [6.45, 7) is 3.65. The van der Waals surface area contributed by atoms with E-state index in [0.717, 1.165) is 37.2 Å². The fraction of sp³-hybridized carbons (Fsp3) is 0.346. The van der Waals surface area contributed by atoms with Crippen molar-refractivity contribution in [2.75, 3.05) is 37.1 Å². The van der Waals surface area contributed by atoms with Crippen LogP contribution in [0.15, 0.2) is 53.5 Å². The molecule has 2 aromatic carbocycles. The second-order valence-electron chi connectivity index (χ2n) is 8.94. The van der Waals surface area contributed by atoms with Crippen LogP contribution >= 0.6 is 36.4 Å². The SMILES string of the molecule is CC(=O)OS(=O)(=O)N(C/C=C/c1cccc(C(=N)N)c1)c1ccc(OC2CCN(C3=NCCO3)CC2)c(Cl)c1.Cl.Cl. The molecule has 2 aliphatic heterocycles. The van der Waals surface area contributed by atoms with E-state index in [1.54, 1.807) is 48.6 Å². The van der Waals surface area contributed by atoms with E-state index in [2.05, 4.69) is 14.1 Å². The Bertz CT molecular complexity index is 1400. The average molecular weight is 649 g/mol. The van der Waals surface area contributed by atoms with Gasteiger partial charge in [0, 0.05) is 38.4 Å². The molecule has 0 unspecified atom stereocenters. The van der Waals surface area contributed by atoms with Crippen molar-refractivity contribution in [2.24, 2.45) is 10.7 Å². The number of nitrogens with zero attached hydrogens (tertiary/aromatic N) is 3. The molecule has 0 atom stereocenters. The lowest BCUT2D eigenvalue weighted by atomic mass is 10.1. The number of nitrogen functional groups attached to an aromatic ring is 1. The van der Waals surface area contributed by atoms with Gasteiger partial charge in [0.15, 0.2) is 0 Å². The standard InChI is InChI=1S/C26H30ClN5O6S.2ClH/c1-18(33)38-39(34,35)32(12-3-5-19-4-2-6-20(16-19)25(28)29)21-7-8-24(23(27)17-21)37-22-9-13-31(14-10-22)26-30-11-15-36-26;;/h2-8,16-17,22H,9-15H2,1H3,(H3,28,29);2*1H/b5-3+;;. The van der Waals surface area contributed by atoms with Crippen LogP contribution in [0.2, 0.25) is 5.02 Å². The molecule has 41 heavy (non-hydrogen) atoms. The van der Waals surface area contributed by atoms with Gasteiger partial charge in [0.1, 0.15) is 24.3 Å². The first kappa shape index (κ1) is 34.0. The fourth-order valence-electron chi connectivity index (χ4n) is 4.21. The number of hydrogen-bond donors (Lipinski definition) is 2. The monoisotopic (exact) mass is 647 g/mol. The Kier molecular flexibility index (Phi) is 12.6. The quantitative estimate of drug-likeness (QED) is 0.306. The molecule has 0 aliphatic carbocycles. The van der Waals surface area contributed by atoms with Gasteiger partial charge in [-0.25, -0.2) is 9.30 Å². The summed E-state index contributed by atoms with van der Waals surface area (Å²) in [6.07, 6.45) is 4.70. The highest BCUT2D eigenvalue weighted by Gasteiger charge is 2.28. The van der Waals surface area contributed by atoms with Crippen molar-refractivity contribution >= 4 is 76.3 Å². The number of carbonyl (C=O) groups is 1. The Balaban J connectivity index is 0.00000294. The lowest BCUT2D eigenvalue weighted by molar-refractivity contribution is -0.131. The van der Waals surface area contributed by atoms with Crippen molar-refractivity contribution in [1.29, 1.82) is 5.41 Å². The Hall–Kier alpha value is -3.19. The molecule has 2 aromatic rings. The maximum Gasteiger partial charge on any atom is 0.412 e. The molecule has 4 rings (SSSR count). The molecule has 0 spiro atoms. The van der Waals surface area contributed by atoms with E-state index in [1.807, 2.05) is 0 Å². The van der Waals surface area contributed by atoms with Gasteiger partial charge >= 0.3 is 16.3 Å². The van der Waals surface area contributed by atoms with Crippen LogP contribution in [0.3, 0.4) is 0 Å². The molecule has 1 saturated heterocycles. The molecular weight excluding hydrogens is 617 g/mol. The number of anilines is 1. The Morgan fingerprint density at radius 3 is 2.59 bits per heavy atom. The minimum absolute atomic E-state index is 0. The summed E-state index contributed by atoms with van der Waals surface area (Å²) in [6, 6.07) is 12.2. The number of nitrogens with one attached hydrogen (secondary N) is 1. The van der Waals surface area contributed by atoms with Crippen molar-refractivity contribution < 1.29 is 26.9 Å². The summed E-state index contributed by atoms with van der Waals surface area (Å²) in [5.74, 6) is -0.622. The van der Waals surface area contributed by atoms with Crippen molar-refractivity contribution in [3.05, 3.63) is 64.7 Å². The molecule has 3 N–H and O–H groups in total. The molecule has 15 heteroatoms. The summed E-state index contributed by atoms with van der Waals surface area (Å²) < 4.78 is 43.0. The van der Waals surface area contributed by atoms with Gasteiger partial charge in [-0.15, -0.1) is 24.8 Å². The second kappa shape index (κ2) is 15.2. The lowest BCUT2D eigenvalue weighted by Crippen LogP contribution is -2.42. The minimum atomic E-state index is -4.47. The predicted octanol–water partition coefficient (Wildman–Crippen LogP) is 4.02. The van der Waals surface area contributed by atoms with E-state index in [4.69, 9.17) is 32.2 Å². The number of benzene rings is 2. The molecule has 0 saturated carbocycles. The number of halogens is 3. The summed E-state index contributed by atoms with van der Waals surface area (Å²) >= 11 is 6.50. The van der Waals surface area contributed by atoms with Crippen LogP contribution in [0.4, 0.5) is 5.69 Å². The van der Waals surface area contributed by atoms with Crippen LogP contribution in [0.5, 0.6) is 5.75 Å². The van der Waals surface area contributed by atoms with Crippen molar-refractivity contribution in [3.63, 3.8) is 0 Å². The topological polar surface area (TPSA) is 148 Å². The van der Waals surface area contributed by atoms with Gasteiger partial charge in [-0.3, -0.25) is 10.2 Å². The highest BCUT2D eigenvalue weighted by Crippen LogP contribution is 2.33. The zero-order valence-electron chi connectivity index (χ0n) is 22.2. The van der Waals surface area contributed by atoms with E-state index < -0.39 is 16.3 Å². The van der Waals surface area contributed by atoms with E-state index in [9.17, 15) is 13.2 Å². The minimum Gasteiger partial charge on any atom is -0.489 e. The van der Waals surface area contributed by atoms with Gasteiger partial charge in [-0.1, -0.05) is 42.0 Å². The van der Waals surface area contributed by atoms with E-state index >= 15 is 0 Å². The van der Waals surface area contributed by atoms with Crippen LogP contribution in [0, 0.1) is 5.41 Å². The van der Waals surface area contributed by atoms with Crippen LogP contribution in [0.1, 0.15) is 30.9 Å². The number of nitrogens with two attached hydrogens (primary N) is 1. The van der Waals surface area contributed by atoms with Crippen LogP contribution in [-0.4, -0.2) is 70.0 Å². The number of ether oxygens (including phenoxy) is 2. The number of rotatable bonds is 9. The summed E-state index contributed by atoms with van der Waals surface area (Å²) in [4.78, 5) is 17.9. The number of likely N-dealkylation sites (tertiary alicyclic amines) is 1. The molecule has 0 aromatic heterocycles. The van der Waals surface area contributed by atoms with Gasteiger partial charge in [-0.2, -0.15) is 8.42 Å². The smallest absolute Gasteiger partial charge is 0.412 e. The third-order valence-corrected chi connectivity index (χ3v) is 7.69. The van der Waals surface area contributed by atoms with Crippen LogP contribution in [-0.2, 0) is 24.0 Å². The highest BCUT2D eigenvalue weighted by atomic mass is 35.5. The first-order valence-electron chi connectivity index (χ1n) is 12.3. The normalized spacial score (nSPS) is 15.3. The van der Waals surface area contributed by atoms with Crippen molar-refractivity contribution in [3.8, 4) is 5.75 Å². The Morgan fingerprint density at radius 1 is 1.24 bits per heavy atom. The molecular formula is C26H32Cl3N5O6S. The van der Waals surface area contributed by atoms with Gasteiger partial charge in [0.05, 0.1) is 23.8 Å². The van der Waals surface area contributed by atoms with Gasteiger partial charge < -0.3 is 24.3 Å². The average Bonchev–Trinajstić information content (AvgIpc) is 3.43. The molecule has 224 valence electrons. The van der Waals surface area contributed by atoms with E-state index in [1.165, 1.54) is 6.07 Å². The third-order valence-electron chi connectivity index (χ3n) is 6.05. The molecule has 0 radical (unpaired) electrons. The molecule has 2 aliphatic rings. The summed E-state index contributed by atoms with van der Waals surface area (Å²) in [7, 11) is -4.47. The highest BCUT2D eigenvalue weighted by molar-refractivity contribution is 7.88. The number of carbonyl (C=O) groups excluding carboxylic acids is 1. The van der Waals surface area contributed by atoms with E-state index in [-0.39, 0.29) is 54.0 Å². The van der Waals surface area contributed by atoms with E-state index in [0.29, 0.717) is 36.0 Å². The van der Waals surface area contributed by atoms with Crippen molar-refractivity contribution in [1.82, 2.24) is 4.90 Å². The Morgan fingerprint density at radius 2 is 1.98 bits per heavy atom. The van der Waals surface area contributed by atoms with Crippen molar-refractivity contribution in [2.45, 2.75) is 25.9 Å². The Labute approximate surface area is 256 Å². The molecule has 0 amide bonds. The maximum absolute atomic E-state index is 12.9. The first-order chi connectivity index (χ1) is 18.6. The number of piperidine rings is 1. The predicted molar refractivity (Wildman–Crippen MR) is 164 cm³/mol. The number of hydrogen-bond acceptors (Lipinski definition) is 9. The molecule has 0 bridgehead atoms. The van der Waals surface area contributed by atoms with Crippen LogP contribution in [0.25, 0.3) is 6.08 Å². The largest absolute Gasteiger partial charge is 0.489 e. The van der Waals surface area contributed by atoms with Crippen LogP contribution < -0.4 is 14.8 Å². The summed E-state index contributed by atoms with van der Waals surface area (Å²) in [5, 5.41) is 7.80. The van der Waals surface area contributed by atoms with Gasteiger partial charge in [0.2, 0.25) is 0 Å². The molecule has 2 heterocycles. The zero-order chi connectivity index (χ0) is 28.0. The number of aliphatic imine (C=N–C) groups is 1. The molecule has 11 nitrogen and oxygen atoms in total. The fourth-order valence-corrected chi connectivity index (χ4v) is 5.46. The maximum atomic E-state index is 12.9. The first-order valence-corrected chi connectivity index (χ1v) is 14.1. The zero-order valence-corrected chi connectivity index (χ0v) is 25.4. The van der Waals surface area contributed by atoms with Gasteiger partial charge in [-0.05, 0) is 29.8 Å².